The van der Waals surface area contributed by atoms with Crippen LogP contribution in [0.2, 0.25) is 5.02 Å². The molecule has 0 radical (unpaired) electrons. The van der Waals surface area contributed by atoms with Crippen molar-refractivity contribution in [3.8, 4) is 0 Å². The van der Waals surface area contributed by atoms with Gasteiger partial charge in [-0.3, -0.25) is 9.59 Å². The second-order valence-electron chi connectivity index (χ2n) is 5.15. The van der Waals surface area contributed by atoms with E-state index in [1.165, 1.54) is 0 Å². The Bertz CT molecular complexity index is 914. The maximum absolute atomic E-state index is 13.7. The molecule has 0 atom stereocenters. The Kier molecular flexibility index (Phi) is 5.76. The number of halogens is 2. The molecule has 0 heterocycles. The van der Waals surface area contributed by atoms with Crippen molar-refractivity contribution in [3.05, 3.63) is 58.9 Å². The highest BCUT2D eigenvalue weighted by Crippen LogP contribution is 2.15. The quantitative estimate of drug-likeness (QED) is 0.773. The molecule has 2 rings (SSSR count). The lowest BCUT2D eigenvalue weighted by atomic mass is 10.2. The first kappa shape index (κ1) is 18.9. The number of amides is 2. The maximum atomic E-state index is 13.7. The molecule has 0 saturated carbocycles. The number of rotatable bonds is 5. The van der Waals surface area contributed by atoms with Crippen LogP contribution in [-0.4, -0.2) is 33.0 Å². The lowest BCUT2D eigenvalue weighted by Crippen LogP contribution is -2.33. The minimum atomic E-state index is -3.59. The number of hydrogen-bond acceptors (Lipinski definition) is 4. The van der Waals surface area contributed by atoms with Gasteiger partial charge in [-0.2, -0.15) is 0 Å². The second-order valence-corrected chi connectivity index (χ2v) is 7.60. The van der Waals surface area contributed by atoms with Gasteiger partial charge >= 0.3 is 0 Å². The standard InChI is InChI=1S/C16H14ClFN2O4S/c1-25(23,24)12-6-7-14(18)13(8-12)16(22)19-9-15(21)20-11-4-2-10(17)3-5-11/h2-8H,9H2,1H3,(H,19,22)(H,20,21). The van der Waals surface area contributed by atoms with E-state index in [9.17, 15) is 22.4 Å². The molecule has 0 bridgehead atoms. The van der Waals surface area contributed by atoms with Crippen LogP contribution in [0, 0.1) is 5.82 Å². The Labute approximate surface area is 148 Å². The van der Waals surface area contributed by atoms with Crippen LogP contribution in [0.25, 0.3) is 0 Å². The average molecular weight is 385 g/mol. The van der Waals surface area contributed by atoms with Crippen molar-refractivity contribution in [2.24, 2.45) is 0 Å². The van der Waals surface area contributed by atoms with Crippen molar-refractivity contribution < 1.29 is 22.4 Å². The Hall–Kier alpha value is -2.45. The van der Waals surface area contributed by atoms with E-state index < -0.39 is 39.6 Å². The Morgan fingerprint density at radius 1 is 1.12 bits per heavy atom. The first-order chi connectivity index (χ1) is 11.7. The normalized spacial score (nSPS) is 11.0. The summed E-state index contributed by atoms with van der Waals surface area (Å²) in [5.74, 6) is -2.31. The highest BCUT2D eigenvalue weighted by Gasteiger charge is 2.17. The SMILES string of the molecule is CS(=O)(=O)c1ccc(F)c(C(=O)NCC(=O)Nc2ccc(Cl)cc2)c1. The fraction of sp³-hybridized carbons (Fsp3) is 0.125. The van der Waals surface area contributed by atoms with Gasteiger partial charge in [0, 0.05) is 17.0 Å². The summed E-state index contributed by atoms with van der Waals surface area (Å²) >= 11 is 5.73. The van der Waals surface area contributed by atoms with Crippen LogP contribution in [-0.2, 0) is 14.6 Å². The highest BCUT2D eigenvalue weighted by atomic mass is 35.5. The van der Waals surface area contributed by atoms with Crippen molar-refractivity contribution in [3.63, 3.8) is 0 Å². The zero-order valence-corrected chi connectivity index (χ0v) is 14.6. The van der Waals surface area contributed by atoms with Crippen molar-refractivity contribution in [2.75, 3.05) is 18.1 Å². The summed E-state index contributed by atoms with van der Waals surface area (Å²) in [6.07, 6.45) is 0.946. The predicted octanol–water partition coefficient (Wildman–Crippen LogP) is 2.25. The summed E-state index contributed by atoms with van der Waals surface area (Å²) in [4.78, 5) is 23.6. The van der Waals surface area contributed by atoms with Gasteiger partial charge in [-0.15, -0.1) is 0 Å². The summed E-state index contributed by atoms with van der Waals surface area (Å²) < 4.78 is 36.7. The fourth-order valence-electron chi connectivity index (χ4n) is 1.90. The molecule has 132 valence electrons. The van der Waals surface area contributed by atoms with Gasteiger partial charge in [0.1, 0.15) is 5.82 Å². The van der Waals surface area contributed by atoms with Crippen LogP contribution in [0.1, 0.15) is 10.4 Å². The zero-order chi connectivity index (χ0) is 18.6. The van der Waals surface area contributed by atoms with Crippen LogP contribution < -0.4 is 10.6 Å². The van der Waals surface area contributed by atoms with Gasteiger partial charge < -0.3 is 10.6 Å². The molecule has 25 heavy (non-hydrogen) atoms. The van der Waals surface area contributed by atoms with Gasteiger partial charge in [-0.25, -0.2) is 12.8 Å². The zero-order valence-electron chi connectivity index (χ0n) is 13.0. The predicted molar refractivity (Wildman–Crippen MR) is 91.9 cm³/mol. The summed E-state index contributed by atoms with van der Waals surface area (Å²) in [5.41, 5.74) is 0.0242. The number of carbonyl (C=O) groups excluding carboxylic acids is 2. The number of sulfone groups is 1. The molecule has 0 aromatic heterocycles. The summed E-state index contributed by atoms with van der Waals surface area (Å²) in [7, 11) is -3.59. The molecule has 2 N–H and O–H groups in total. The molecule has 0 unspecified atom stereocenters. The maximum Gasteiger partial charge on any atom is 0.254 e. The van der Waals surface area contributed by atoms with E-state index in [-0.39, 0.29) is 4.90 Å². The number of hydrogen-bond donors (Lipinski definition) is 2. The molecular formula is C16H14ClFN2O4S. The molecule has 2 amide bonds. The van der Waals surface area contributed by atoms with Crippen molar-refractivity contribution in [1.82, 2.24) is 5.32 Å². The molecule has 0 fully saturated rings. The lowest BCUT2D eigenvalue weighted by Gasteiger charge is -2.08. The topological polar surface area (TPSA) is 92.3 Å². The first-order valence-electron chi connectivity index (χ1n) is 7.00. The molecule has 0 aliphatic rings. The van der Waals surface area contributed by atoms with Crippen molar-refractivity contribution in [2.45, 2.75) is 4.90 Å². The number of anilines is 1. The van der Waals surface area contributed by atoms with Crippen LogP contribution in [0.15, 0.2) is 47.4 Å². The Balaban J connectivity index is 2.02. The van der Waals surface area contributed by atoms with E-state index in [1.54, 1.807) is 24.3 Å². The van der Waals surface area contributed by atoms with Gasteiger partial charge in [0.05, 0.1) is 17.0 Å². The van der Waals surface area contributed by atoms with Crippen molar-refractivity contribution in [1.29, 1.82) is 0 Å². The fourth-order valence-corrected chi connectivity index (χ4v) is 2.68. The molecule has 6 nitrogen and oxygen atoms in total. The molecule has 9 heteroatoms. The van der Waals surface area contributed by atoms with Crippen LogP contribution in [0.4, 0.5) is 10.1 Å². The third kappa shape index (κ3) is 5.27. The van der Waals surface area contributed by atoms with E-state index in [4.69, 9.17) is 11.6 Å². The number of nitrogens with one attached hydrogen (secondary N) is 2. The van der Waals surface area contributed by atoms with Gasteiger partial charge in [-0.05, 0) is 42.5 Å². The first-order valence-corrected chi connectivity index (χ1v) is 9.27. The second kappa shape index (κ2) is 7.62. The van der Waals surface area contributed by atoms with E-state index in [0.29, 0.717) is 10.7 Å². The van der Waals surface area contributed by atoms with Crippen molar-refractivity contribution >= 4 is 38.9 Å². The summed E-state index contributed by atoms with van der Waals surface area (Å²) in [6, 6.07) is 9.21. The molecule has 0 aliphatic carbocycles. The average Bonchev–Trinajstić information content (AvgIpc) is 2.54. The van der Waals surface area contributed by atoms with Crippen LogP contribution in [0.3, 0.4) is 0 Å². The Morgan fingerprint density at radius 2 is 1.76 bits per heavy atom. The van der Waals surface area contributed by atoms with E-state index in [2.05, 4.69) is 10.6 Å². The lowest BCUT2D eigenvalue weighted by molar-refractivity contribution is -0.115. The third-order valence-electron chi connectivity index (χ3n) is 3.15. The summed E-state index contributed by atoms with van der Waals surface area (Å²) in [5, 5.41) is 5.27. The molecule has 0 saturated heterocycles. The monoisotopic (exact) mass is 384 g/mol. The molecular weight excluding hydrogens is 371 g/mol. The number of carbonyl (C=O) groups is 2. The largest absolute Gasteiger partial charge is 0.343 e. The van der Waals surface area contributed by atoms with Gasteiger partial charge in [0.25, 0.3) is 5.91 Å². The minimum Gasteiger partial charge on any atom is -0.343 e. The van der Waals surface area contributed by atoms with E-state index in [1.807, 2.05) is 0 Å². The van der Waals surface area contributed by atoms with Gasteiger partial charge in [-0.1, -0.05) is 11.6 Å². The minimum absolute atomic E-state index is 0.190. The molecule has 2 aromatic carbocycles. The smallest absolute Gasteiger partial charge is 0.254 e. The summed E-state index contributed by atoms with van der Waals surface area (Å²) in [6.45, 7) is -0.413. The van der Waals surface area contributed by atoms with E-state index >= 15 is 0 Å². The van der Waals surface area contributed by atoms with E-state index in [0.717, 1.165) is 24.5 Å². The van der Waals surface area contributed by atoms with Crippen LogP contribution >= 0.6 is 11.6 Å². The number of benzene rings is 2. The molecule has 0 aliphatic heterocycles. The molecule has 0 spiro atoms. The third-order valence-corrected chi connectivity index (χ3v) is 4.51. The Morgan fingerprint density at radius 3 is 2.36 bits per heavy atom. The van der Waals surface area contributed by atoms with Gasteiger partial charge in [0.2, 0.25) is 5.91 Å². The van der Waals surface area contributed by atoms with Crippen LogP contribution in [0.5, 0.6) is 0 Å². The molecule has 2 aromatic rings. The van der Waals surface area contributed by atoms with Gasteiger partial charge in [0.15, 0.2) is 9.84 Å². The highest BCUT2D eigenvalue weighted by molar-refractivity contribution is 7.90.